The molecule has 1 heterocycles. The molecule has 1 aromatic rings. The fraction of sp³-hybridized carbons (Fsp3) is 0.500. The first kappa shape index (κ1) is 12.5. The van der Waals surface area contributed by atoms with Crippen LogP contribution in [-0.2, 0) is 14.8 Å². The lowest BCUT2D eigenvalue weighted by molar-refractivity contribution is -0.143. The Hall–Kier alpha value is -0.920. The number of sulfonamides is 1. The van der Waals surface area contributed by atoms with E-state index in [1.54, 1.807) is 11.4 Å². The minimum Gasteiger partial charge on any atom is -0.480 e. The summed E-state index contributed by atoms with van der Waals surface area (Å²) in [5.41, 5.74) is -1.32. The topological polar surface area (TPSA) is 83.5 Å². The number of aliphatic carboxylic acids is 1. The quantitative estimate of drug-likeness (QED) is 0.870. The van der Waals surface area contributed by atoms with Crippen LogP contribution in [-0.4, -0.2) is 25.0 Å². The van der Waals surface area contributed by atoms with Crippen molar-refractivity contribution in [3.63, 3.8) is 0 Å². The number of nitrogens with one attached hydrogen (secondary N) is 1. The van der Waals surface area contributed by atoms with Gasteiger partial charge in [-0.3, -0.25) is 4.79 Å². The lowest BCUT2D eigenvalue weighted by Crippen LogP contribution is -2.52. The number of rotatable bonds is 4. The Kier molecular flexibility index (Phi) is 3.24. The molecular formula is C10H13NO4S2. The van der Waals surface area contributed by atoms with Crippen LogP contribution >= 0.6 is 11.3 Å². The van der Waals surface area contributed by atoms with E-state index >= 15 is 0 Å². The SMILES string of the molecule is O=C(O)C1(NS(=O)(=O)c2cccs2)CCCC1. The molecule has 0 bridgehead atoms. The molecule has 0 aromatic carbocycles. The van der Waals surface area contributed by atoms with Crippen molar-refractivity contribution in [1.29, 1.82) is 0 Å². The molecule has 1 aromatic heterocycles. The van der Waals surface area contributed by atoms with Gasteiger partial charge < -0.3 is 5.11 Å². The van der Waals surface area contributed by atoms with Gasteiger partial charge >= 0.3 is 5.97 Å². The molecule has 0 aliphatic heterocycles. The highest BCUT2D eigenvalue weighted by Gasteiger charge is 2.44. The highest BCUT2D eigenvalue weighted by molar-refractivity contribution is 7.91. The normalized spacial score (nSPS) is 19.3. The number of carboxylic acid groups (broad SMARTS) is 1. The molecule has 2 N–H and O–H groups in total. The predicted octanol–water partition coefficient (Wildman–Crippen LogP) is 1.42. The van der Waals surface area contributed by atoms with E-state index in [0.29, 0.717) is 12.8 Å². The molecule has 0 radical (unpaired) electrons. The van der Waals surface area contributed by atoms with Crippen molar-refractivity contribution in [3.8, 4) is 0 Å². The van der Waals surface area contributed by atoms with Crippen LogP contribution in [0, 0.1) is 0 Å². The summed E-state index contributed by atoms with van der Waals surface area (Å²) >= 11 is 1.08. The van der Waals surface area contributed by atoms with E-state index in [4.69, 9.17) is 0 Å². The van der Waals surface area contributed by atoms with Gasteiger partial charge in [-0.05, 0) is 24.3 Å². The average molecular weight is 275 g/mol. The molecule has 5 nitrogen and oxygen atoms in total. The Morgan fingerprint density at radius 1 is 1.41 bits per heavy atom. The molecule has 0 amide bonds. The molecule has 7 heteroatoms. The molecule has 1 fully saturated rings. The maximum Gasteiger partial charge on any atom is 0.324 e. The van der Waals surface area contributed by atoms with Crippen molar-refractivity contribution in [2.75, 3.05) is 0 Å². The largest absolute Gasteiger partial charge is 0.480 e. The zero-order valence-corrected chi connectivity index (χ0v) is 10.7. The van der Waals surface area contributed by atoms with Crippen LogP contribution in [0.2, 0.25) is 0 Å². The number of hydrogen-bond donors (Lipinski definition) is 2. The van der Waals surface area contributed by atoms with Crippen molar-refractivity contribution in [3.05, 3.63) is 17.5 Å². The van der Waals surface area contributed by atoms with Crippen LogP contribution in [0.4, 0.5) is 0 Å². The molecular weight excluding hydrogens is 262 g/mol. The molecule has 0 spiro atoms. The molecule has 0 atom stereocenters. The first-order chi connectivity index (χ1) is 7.96. The van der Waals surface area contributed by atoms with Gasteiger partial charge in [0, 0.05) is 0 Å². The average Bonchev–Trinajstić information content (AvgIpc) is 2.86. The third kappa shape index (κ3) is 2.36. The van der Waals surface area contributed by atoms with Crippen LogP contribution in [0.25, 0.3) is 0 Å². The van der Waals surface area contributed by atoms with Gasteiger partial charge in [-0.25, -0.2) is 8.42 Å². The van der Waals surface area contributed by atoms with E-state index in [-0.39, 0.29) is 4.21 Å². The van der Waals surface area contributed by atoms with Crippen molar-refractivity contribution in [2.45, 2.75) is 35.4 Å². The standard InChI is InChI=1S/C10H13NO4S2/c12-9(13)10(5-1-2-6-10)11-17(14,15)8-4-3-7-16-8/h3-4,7,11H,1-2,5-6H2,(H,12,13). The van der Waals surface area contributed by atoms with Crippen LogP contribution in [0.1, 0.15) is 25.7 Å². The van der Waals surface area contributed by atoms with Crippen LogP contribution in [0.3, 0.4) is 0 Å². The fourth-order valence-electron chi connectivity index (χ4n) is 2.06. The van der Waals surface area contributed by atoms with E-state index in [0.717, 1.165) is 24.2 Å². The number of carbonyl (C=O) groups is 1. The van der Waals surface area contributed by atoms with Gasteiger partial charge in [-0.1, -0.05) is 18.9 Å². The summed E-state index contributed by atoms with van der Waals surface area (Å²) in [5.74, 6) is -1.09. The summed E-state index contributed by atoms with van der Waals surface area (Å²) in [4.78, 5) is 11.2. The second kappa shape index (κ2) is 4.40. The second-order valence-corrected chi connectivity index (χ2v) is 6.99. The lowest BCUT2D eigenvalue weighted by atomic mass is 10.0. The molecule has 2 rings (SSSR count). The summed E-state index contributed by atoms with van der Waals surface area (Å²) in [7, 11) is -3.72. The van der Waals surface area contributed by atoms with Crippen molar-refractivity contribution in [1.82, 2.24) is 4.72 Å². The number of carboxylic acids is 1. The first-order valence-corrected chi connectivity index (χ1v) is 7.63. The Balaban J connectivity index is 2.28. The summed E-state index contributed by atoms with van der Waals surface area (Å²) in [6.45, 7) is 0. The Morgan fingerprint density at radius 3 is 2.53 bits per heavy atom. The van der Waals surface area contributed by atoms with E-state index < -0.39 is 21.5 Å². The maximum atomic E-state index is 12.0. The zero-order valence-electron chi connectivity index (χ0n) is 9.05. The van der Waals surface area contributed by atoms with E-state index in [1.165, 1.54) is 6.07 Å². The van der Waals surface area contributed by atoms with E-state index in [2.05, 4.69) is 4.72 Å². The van der Waals surface area contributed by atoms with Gasteiger partial charge in [0.25, 0.3) is 10.0 Å². The first-order valence-electron chi connectivity index (χ1n) is 5.27. The maximum absolute atomic E-state index is 12.0. The summed E-state index contributed by atoms with van der Waals surface area (Å²) in [6.07, 6.45) is 2.18. The highest BCUT2D eigenvalue weighted by atomic mass is 32.2. The van der Waals surface area contributed by atoms with Crippen LogP contribution in [0.15, 0.2) is 21.7 Å². The Morgan fingerprint density at radius 2 is 2.06 bits per heavy atom. The van der Waals surface area contributed by atoms with Gasteiger partial charge in [0.15, 0.2) is 0 Å². The summed E-state index contributed by atoms with van der Waals surface area (Å²) in [5, 5.41) is 10.9. The third-order valence-corrected chi connectivity index (χ3v) is 5.89. The summed E-state index contributed by atoms with van der Waals surface area (Å²) in [6, 6.07) is 3.10. The molecule has 0 saturated heterocycles. The number of thiophene rings is 1. The van der Waals surface area contributed by atoms with Gasteiger partial charge in [0.2, 0.25) is 0 Å². The van der Waals surface area contributed by atoms with Gasteiger partial charge in [0.05, 0.1) is 0 Å². The predicted molar refractivity (Wildman–Crippen MR) is 63.5 cm³/mol. The summed E-state index contributed by atoms with van der Waals surface area (Å²) < 4.78 is 26.5. The van der Waals surface area contributed by atoms with Gasteiger partial charge in [0.1, 0.15) is 9.75 Å². The van der Waals surface area contributed by atoms with Crippen LogP contribution in [0.5, 0.6) is 0 Å². The Bertz CT molecular complexity index is 500. The lowest BCUT2D eigenvalue weighted by Gasteiger charge is -2.24. The number of hydrogen-bond acceptors (Lipinski definition) is 4. The smallest absolute Gasteiger partial charge is 0.324 e. The molecule has 17 heavy (non-hydrogen) atoms. The molecule has 0 unspecified atom stereocenters. The molecule has 1 aliphatic carbocycles. The minimum atomic E-state index is -3.72. The van der Waals surface area contributed by atoms with Crippen molar-refractivity contribution >= 4 is 27.3 Å². The van der Waals surface area contributed by atoms with Crippen molar-refractivity contribution < 1.29 is 18.3 Å². The van der Waals surface area contributed by atoms with Crippen LogP contribution < -0.4 is 4.72 Å². The zero-order chi connectivity index (χ0) is 12.5. The molecule has 94 valence electrons. The Labute approximate surface area is 104 Å². The highest BCUT2D eigenvalue weighted by Crippen LogP contribution is 2.32. The van der Waals surface area contributed by atoms with Crippen molar-refractivity contribution in [2.24, 2.45) is 0 Å². The minimum absolute atomic E-state index is 0.157. The van der Waals surface area contributed by atoms with E-state index in [9.17, 15) is 18.3 Å². The fourth-order valence-corrected chi connectivity index (χ4v) is 4.47. The third-order valence-electron chi connectivity index (χ3n) is 2.96. The monoisotopic (exact) mass is 275 g/mol. The van der Waals surface area contributed by atoms with Gasteiger partial charge in [-0.15, -0.1) is 11.3 Å². The molecule has 1 aliphatic rings. The van der Waals surface area contributed by atoms with E-state index in [1.807, 2.05) is 0 Å². The molecule has 1 saturated carbocycles. The van der Waals surface area contributed by atoms with Gasteiger partial charge in [-0.2, -0.15) is 4.72 Å². The second-order valence-electron chi connectivity index (χ2n) is 4.13.